The van der Waals surface area contributed by atoms with Crippen molar-refractivity contribution < 1.29 is 34.1 Å². The van der Waals surface area contributed by atoms with Crippen LogP contribution in [0.2, 0.25) is 0 Å². The van der Waals surface area contributed by atoms with Crippen LogP contribution in [0.1, 0.15) is 23.3 Å². The number of phenols is 2. The number of esters is 2. The fourth-order valence-corrected chi connectivity index (χ4v) is 4.67. The molecule has 2 aliphatic heterocycles. The number of rotatable bonds is 5. The zero-order valence-electron chi connectivity index (χ0n) is 23.1. The lowest BCUT2D eigenvalue weighted by Crippen LogP contribution is -2.49. The minimum Gasteiger partial charge on any atom is -0.507 e. The van der Waals surface area contributed by atoms with Gasteiger partial charge in [-0.05, 0) is 46.7 Å². The second kappa shape index (κ2) is 15.0. The number of carbonyl (C=O) groups excluding carboxylic acids is 3. The number of carbonyl (C=O) groups is 3. The molecule has 6 rings (SSSR count). The van der Waals surface area contributed by atoms with Crippen molar-refractivity contribution in [3.05, 3.63) is 83.9 Å². The lowest BCUT2D eigenvalue weighted by atomic mass is 9.98. The van der Waals surface area contributed by atoms with Crippen molar-refractivity contribution in [1.82, 2.24) is 10.2 Å². The Hall–Kier alpha value is -4.47. The lowest BCUT2D eigenvalue weighted by molar-refractivity contribution is -0.151. The Balaban J connectivity index is 0.000000189. The van der Waals surface area contributed by atoms with Crippen molar-refractivity contribution in [1.29, 1.82) is 0 Å². The molecule has 0 aliphatic carbocycles. The minimum absolute atomic E-state index is 0. The molecule has 0 radical (unpaired) electrons. The molecule has 0 saturated carbocycles. The van der Waals surface area contributed by atoms with Gasteiger partial charge in [-0.1, -0.05) is 49.9 Å². The van der Waals surface area contributed by atoms with Crippen LogP contribution in [0.3, 0.4) is 0 Å². The Morgan fingerprint density at radius 1 is 0.833 bits per heavy atom. The Morgan fingerprint density at radius 3 is 1.88 bits per heavy atom. The number of methoxy groups -OCH3 is 2. The molecule has 0 aromatic heterocycles. The van der Waals surface area contributed by atoms with Crippen LogP contribution in [0.5, 0.6) is 11.5 Å². The van der Waals surface area contributed by atoms with Gasteiger partial charge >= 0.3 is 11.9 Å². The first-order valence-electron chi connectivity index (χ1n) is 13.3. The molecular weight excluding hydrogens is 536 g/mol. The molecule has 9 nitrogen and oxygen atoms in total. The van der Waals surface area contributed by atoms with E-state index in [2.05, 4.69) is 21.0 Å². The van der Waals surface area contributed by atoms with Crippen molar-refractivity contribution in [2.75, 3.05) is 40.4 Å². The van der Waals surface area contributed by atoms with Gasteiger partial charge in [-0.15, -0.1) is 0 Å². The molecule has 3 N–H and O–H groups in total. The number of benzene rings is 4. The van der Waals surface area contributed by atoms with Gasteiger partial charge in [-0.3, -0.25) is 19.3 Å². The van der Waals surface area contributed by atoms with Crippen LogP contribution in [0.4, 0.5) is 0 Å². The first-order chi connectivity index (χ1) is 19.8. The molecule has 0 amide bonds. The first-order valence-corrected chi connectivity index (χ1v) is 13.3. The highest BCUT2D eigenvalue weighted by Crippen LogP contribution is 2.27. The molecule has 2 aliphatic rings. The van der Waals surface area contributed by atoms with Crippen molar-refractivity contribution in [2.24, 2.45) is 11.8 Å². The summed E-state index contributed by atoms with van der Waals surface area (Å²) in [5.74, 6) is 0.483. The summed E-state index contributed by atoms with van der Waals surface area (Å²) in [4.78, 5) is 34.5. The van der Waals surface area contributed by atoms with Crippen molar-refractivity contribution in [3.8, 4) is 11.5 Å². The fraction of sp³-hybridized carbons (Fsp3) is 0.303. The van der Waals surface area contributed by atoms with Crippen molar-refractivity contribution in [2.45, 2.75) is 14.0 Å². The average molecular weight is 575 g/mol. The number of nitrogens with zero attached hydrogens (tertiary/aromatic N) is 1. The molecule has 0 spiro atoms. The van der Waals surface area contributed by atoms with Gasteiger partial charge in [0.2, 0.25) is 0 Å². The van der Waals surface area contributed by atoms with Gasteiger partial charge < -0.3 is 25.0 Å². The largest absolute Gasteiger partial charge is 0.507 e. The highest BCUT2D eigenvalue weighted by Gasteiger charge is 2.33. The van der Waals surface area contributed by atoms with Crippen LogP contribution in [-0.4, -0.2) is 73.7 Å². The number of fused-ring (bicyclic) bond motifs is 2. The molecule has 2 fully saturated rings. The van der Waals surface area contributed by atoms with Gasteiger partial charge in [0.1, 0.15) is 17.8 Å². The monoisotopic (exact) mass is 574 g/mol. The predicted octanol–water partition coefficient (Wildman–Crippen LogP) is 4.52. The van der Waals surface area contributed by atoms with E-state index >= 15 is 0 Å². The summed E-state index contributed by atoms with van der Waals surface area (Å²) in [5, 5.41) is 25.7. The number of hydrogen-bond donors (Lipinski definition) is 3. The van der Waals surface area contributed by atoms with Crippen LogP contribution >= 0.6 is 0 Å². The minimum atomic E-state index is -0.121. The third-order valence-corrected chi connectivity index (χ3v) is 7.15. The summed E-state index contributed by atoms with van der Waals surface area (Å²) in [6.07, 6.45) is 0.795. The molecule has 9 heteroatoms. The van der Waals surface area contributed by atoms with Crippen LogP contribution in [0.25, 0.3) is 21.5 Å². The number of ether oxygens (including phenoxy) is 2. The molecule has 2 saturated heterocycles. The molecule has 42 heavy (non-hydrogen) atoms. The van der Waals surface area contributed by atoms with Gasteiger partial charge in [0.05, 0.1) is 26.1 Å². The van der Waals surface area contributed by atoms with Crippen LogP contribution < -0.4 is 5.32 Å². The summed E-state index contributed by atoms with van der Waals surface area (Å²) >= 11 is 0. The third-order valence-electron chi connectivity index (χ3n) is 7.15. The number of nitrogens with one attached hydrogen (secondary N) is 1. The molecule has 0 bridgehead atoms. The average Bonchev–Trinajstić information content (AvgIpc) is 2.94. The zero-order chi connectivity index (χ0) is 29.4. The number of likely N-dealkylation sites (tertiary alicyclic amines) is 1. The molecule has 4 aromatic carbocycles. The van der Waals surface area contributed by atoms with Gasteiger partial charge in [0, 0.05) is 49.1 Å². The highest BCUT2D eigenvalue weighted by atomic mass is 16.5. The molecule has 4 aromatic rings. The van der Waals surface area contributed by atoms with E-state index < -0.39 is 0 Å². The maximum atomic E-state index is 11.3. The van der Waals surface area contributed by atoms with E-state index in [-0.39, 0.29) is 37.0 Å². The predicted molar refractivity (Wildman–Crippen MR) is 163 cm³/mol. The van der Waals surface area contributed by atoms with Gasteiger partial charge in [0.15, 0.2) is 0 Å². The summed E-state index contributed by atoms with van der Waals surface area (Å²) in [6.45, 7) is 3.90. The third kappa shape index (κ3) is 7.84. The molecule has 2 heterocycles. The SMILES string of the molecule is C.COC(=O)C1CN(Cc2ccc3c(O)cccc3c2)C1.COC(=O)C1CNC1.O=Cc1ccc2c(O)cccc2c1. The number of aromatic hydroxyl groups is 2. The maximum Gasteiger partial charge on any atom is 0.311 e. The Morgan fingerprint density at radius 2 is 1.38 bits per heavy atom. The lowest BCUT2D eigenvalue weighted by Gasteiger charge is -2.37. The second-order valence-corrected chi connectivity index (χ2v) is 10.0. The Bertz CT molecular complexity index is 1530. The molecule has 222 valence electrons. The summed E-state index contributed by atoms with van der Waals surface area (Å²) < 4.78 is 9.21. The van der Waals surface area contributed by atoms with E-state index in [4.69, 9.17) is 4.74 Å². The molecular formula is C33H38N2O7. The van der Waals surface area contributed by atoms with Crippen molar-refractivity contribution in [3.63, 3.8) is 0 Å². The van der Waals surface area contributed by atoms with E-state index in [0.717, 1.165) is 60.6 Å². The smallest absolute Gasteiger partial charge is 0.311 e. The second-order valence-electron chi connectivity index (χ2n) is 10.0. The van der Waals surface area contributed by atoms with E-state index in [0.29, 0.717) is 11.3 Å². The number of phenolic OH excluding ortho intramolecular Hbond substituents is 2. The topological polar surface area (TPSA) is 125 Å². The fourth-order valence-electron chi connectivity index (χ4n) is 4.67. The van der Waals surface area contributed by atoms with Crippen LogP contribution in [0, 0.1) is 11.8 Å². The molecule has 0 unspecified atom stereocenters. The number of aldehydes is 1. The van der Waals surface area contributed by atoms with E-state index in [9.17, 15) is 24.6 Å². The summed E-state index contributed by atoms with van der Waals surface area (Å²) in [7, 11) is 2.85. The van der Waals surface area contributed by atoms with Gasteiger partial charge in [0.25, 0.3) is 0 Å². The summed E-state index contributed by atoms with van der Waals surface area (Å²) in [6, 6.07) is 22.0. The van der Waals surface area contributed by atoms with Crippen LogP contribution in [-0.2, 0) is 25.6 Å². The van der Waals surface area contributed by atoms with E-state index in [1.165, 1.54) is 19.8 Å². The van der Waals surface area contributed by atoms with E-state index in [1.54, 1.807) is 36.4 Å². The Kier molecular flexibility index (Phi) is 11.4. The highest BCUT2D eigenvalue weighted by molar-refractivity contribution is 5.92. The Labute approximate surface area is 245 Å². The standard InChI is InChI=1S/C16H17NO3.C11H8O2.C5H9NO2.CH4/c1-20-16(19)13-9-17(10-13)8-11-5-6-14-12(7-11)3-2-4-15(14)18;12-7-8-4-5-10-9(6-8)2-1-3-11(10)13;1-8-5(7)4-2-6-3-4;/h2-7,13,18H,8-10H2,1H3;1-7,13H;4,6H,2-3H2,1H3;1H4. The van der Waals surface area contributed by atoms with Crippen LogP contribution in [0.15, 0.2) is 72.8 Å². The maximum absolute atomic E-state index is 11.3. The van der Waals surface area contributed by atoms with Gasteiger partial charge in [-0.2, -0.15) is 0 Å². The van der Waals surface area contributed by atoms with Crippen molar-refractivity contribution >= 4 is 39.8 Å². The normalized spacial score (nSPS) is 14.5. The van der Waals surface area contributed by atoms with E-state index in [1.807, 2.05) is 30.3 Å². The number of hydrogen-bond acceptors (Lipinski definition) is 9. The quantitative estimate of drug-likeness (QED) is 0.233. The summed E-state index contributed by atoms with van der Waals surface area (Å²) in [5.41, 5.74) is 1.81. The van der Waals surface area contributed by atoms with Gasteiger partial charge in [-0.25, -0.2) is 0 Å². The molecule has 0 atom stereocenters. The zero-order valence-corrected chi connectivity index (χ0v) is 23.1. The first kappa shape index (κ1) is 32.0.